The molecular formula is C16H20O4. The molecule has 0 unspecified atom stereocenters. The molecule has 1 aromatic rings. The minimum Gasteiger partial charge on any atom is -0.463 e. The molecule has 0 aliphatic carbocycles. The molecule has 4 heteroatoms. The predicted molar refractivity (Wildman–Crippen MR) is 76.0 cm³/mol. The summed E-state index contributed by atoms with van der Waals surface area (Å²) < 4.78 is 10.3. The molecule has 108 valence electrons. The number of aldehydes is 1. The summed E-state index contributed by atoms with van der Waals surface area (Å²) in [6.45, 7) is 6.37. The van der Waals surface area contributed by atoms with Crippen molar-refractivity contribution in [3.05, 3.63) is 48.0 Å². The Bertz CT molecular complexity index is 439. The van der Waals surface area contributed by atoms with Gasteiger partial charge in [-0.15, -0.1) is 0 Å². The number of carbonyl (C=O) groups is 2. The van der Waals surface area contributed by atoms with E-state index in [1.54, 1.807) is 6.92 Å². The van der Waals surface area contributed by atoms with E-state index in [1.165, 1.54) is 0 Å². The Morgan fingerprint density at radius 1 is 1.35 bits per heavy atom. The van der Waals surface area contributed by atoms with Gasteiger partial charge in [0.2, 0.25) is 0 Å². The number of esters is 1. The normalized spacial score (nSPS) is 11.7. The van der Waals surface area contributed by atoms with Gasteiger partial charge < -0.3 is 14.3 Å². The molecule has 0 amide bonds. The fraction of sp³-hybridized carbons (Fsp3) is 0.375. The van der Waals surface area contributed by atoms with Crippen LogP contribution in [0.1, 0.15) is 18.9 Å². The molecule has 1 aromatic carbocycles. The first-order valence-electron chi connectivity index (χ1n) is 6.59. The summed E-state index contributed by atoms with van der Waals surface area (Å²) in [5.74, 6) is -0.835. The van der Waals surface area contributed by atoms with Gasteiger partial charge in [-0.2, -0.15) is 0 Å². The van der Waals surface area contributed by atoms with Crippen molar-refractivity contribution >= 4 is 12.3 Å². The van der Waals surface area contributed by atoms with Crippen LogP contribution in [0.15, 0.2) is 42.5 Å². The van der Waals surface area contributed by atoms with E-state index in [2.05, 4.69) is 6.58 Å². The van der Waals surface area contributed by atoms with Crippen molar-refractivity contribution in [1.29, 1.82) is 0 Å². The summed E-state index contributed by atoms with van der Waals surface area (Å²) in [7, 11) is 0. The van der Waals surface area contributed by atoms with Crippen LogP contribution < -0.4 is 0 Å². The van der Waals surface area contributed by atoms with E-state index < -0.39 is 5.97 Å². The molecule has 0 spiro atoms. The molecule has 0 heterocycles. The van der Waals surface area contributed by atoms with E-state index in [9.17, 15) is 9.59 Å². The maximum atomic E-state index is 11.4. The highest BCUT2D eigenvalue weighted by Crippen LogP contribution is 2.11. The zero-order valence-corrected chi connectivity index (χ0v) is 11.7. The molecule has 0 N–H and O–H groups in total. The predicted octanol–water partition coefficient (Wildman–Crippen LogP) is 2.53. The Morgan fingerprint density at radius 3 is 2.65 bits per heavy atom. The molecule has 20 heavy (non-hydrogen) atoms. The van der Waals surface area contributed by atoms with Crippen LogP contribution >= 0.6 is 0 Å². The SMILES string of the molecule is C=C(C[C@H](C=O)COCc1ccccc1)C(=O)OCC. The molecule has 1 atom stereocenters. The van der Waals surface area contributed by atoms with E-state index in [-0.39, 0.29) is 18.9 Å². The topological polar surface area (TPSA) is 52.6 Å². The maximum absolute atomic E-state index is 11.4. The fourth-order valence-electron chi connectivity index (χ4n) is 1.68. The maximum Gasteiger partial charge on any atom is 0.333 e. The van der Waals surface area contributed by atoms with Crippen molar-refractivity contribution in [2.45, 2.75) is 20.0 Å². The molecule has 0 radical (unpaired) electrons. The quantitative estimate of drug-likeness (QED) is 0.395. The molecular weight excluding hydrogens is 256 g/mol. The minimum atomic E-state index is -0.456. The number of carbonyl (C=O) groups excluding carboxylic acids is 2. The number of hydrogen-bond acceptors (Lipinski definition) is 4. The minimum absolute atomic E-state index is 0.261. The lowest BCUT2D eigenvalue weighted by Gasteiger charge is -2.12. The van der Waals surface area contributed by atoms with Crippen LogP contribution in [0.25, 0.3) is 0 Å². The fourth-order valence-corrected chi connectivity index (χ4v) is 1.68. The molecule has 0 aromatic heterocycles. The molecule has 1 rings (SSSR count). The van der Waals surface area contributed by atoms with Gasteiger partial charge in [-0.25, -0.2) is 4.79 Å². The Hall–Kier alpha value is -1.94. The van der Waals surface area contributed by atoms with Crippen LogP contribution in [-0.4, -0.2) is 25.5 Å². The highest BCUT2D eigenvalue weighted by molar-refractivity contribution is 5.88. The molecule has 0 fully saturated rings. The second kappa shape index (κ2) is 9.04. The van der Waals surface area contributed by atoms with Crippen molar-refractivity contribution in [3.8, 4) is 0 Å². The van der Waals surface area contributed by atoms with Crippen LogP contribution in [0, 0.1) is 5.92 Å². The zero-order chi connectivity index (χ0) is 14.8. The first kappa shape index (κ1) is 16.1. The van der Waals surface area contributed by atoms with E-state index in [4.69, 9.17) is 9.47 Å². The van der Waals surface area contributed by atoms with Crippen LogP contribution in [0.5, 0.6) is 0 Å². The van der Waals surface area contributed by atoms with E-state index >= 15 is 0 Å². The molecule has 4 nitrogen and oxygen atoms in total. The lowest BCUT2D eigenvalue weighted by atomic mass is 10.0. The van der Waals surface area contributed by atoms with Crippen LogP contribution in [0.4, 0.5) is 0 Å². The van der Waals surface area contributed by atoms with Gasteiger partial charge in [0.25, 0.3) is 0 Å². The van der Waals surface area contributed by atoms with E-state index in [1.807, 2.05) is 30.3 Å². The van der Waals surface area contributed by atoms with Crippen molar-refractivity contribution in [2.75, 3.05) is 13.2 Å². The Kier molecular flexibility index (Phi) is 7.29. The first-order valence-corrected chi connectivity index (χ1v) is 6.59. The highest BCUT2D eigenvalue weighted by atomic mass is 16.5. The lowest BCUT2D eigenvalue weighted by molar-refractivity contribution is -0.138. The summed E-state index contributed by atoms with van der Waals surface area (Å²) in [5.41, 5.74) is 1.34. The van der Waals surface area contributed by atoms with Crippen molar-refractivity contribution in [2.24, 2.45) is 5.92 Å². The second-order valence-corrected chi connectivity index (χ2v) is 4.43. The van der Waals surface area contributed by atoms with Crippen molar-refractivity contribution in [3.63, 3.8) is 0 Å². The average Bonchev–Trinajstić information content (AvgIpc) is 2.47. The largest absolute Gasteiger partial charge is 0.463 e. The zero-order valence-electron chi connectivity index (χ0n) is 11.7. The van der Waals surface area contributed by atoms with Crippen LogP contribution in [0.3, 0.4) is 0 Å². The van der Waals surface area contributed by atoms with Crippen molar-refractivity contribution in [1.82, 2.24) is 0 Å². The Morgan fingerprint density at radius 2 is 2.05 bits per heavy atom. The highest BCUT2D eigenvalue weighted by Gasteiger charge is 2.15. The van der Waals surface area contributed by atoms with E-state index in [0.717, 1.165) is 11.8 Å². The van der Waals surface area contributed by atoms with Crippen LogP contribution in [-0.2, 0) is 25.7 Å². The smallest absolute Gasteiger partial charge is 0.333 e. The summed E-state index contributed by atoms with van der Waals surface area (Å²) in [6.07, 6.45) is 1.05. The number of benzene rings is 1. The van der Waals surface area contributed by atoms with Gasteiger partial charge in [-0.3, -0.25) is 0 Å². The van der Waals surface area contributed by atoms with E-state index in [0.29, 0.717) is 18.8 Å². The van der Waals surface area contributed by atoms with Crippen LogP contribution in [0.2, 0.25) is 0 Å². The number of rotatable bonds is 9. The monoisotopic (exact) mass is 276 g/mol. The van der Waals surface area contributed by atoms with Gasteiger partial charge in [-0.1, -0.05) is 36.9 Å². The van der Waals surface area contributed by atoms with Crippen molar-refractivity contribution < 1.29 is 19.1 Å². The average molecular weight is 276 g/mol. The first-order chi connectivity index (χ1) is 9.67. The van der Waals surface area contributed by atoms with Gasteiger partial charge >= 0.3 is 5.97 Å². The number of hydrogen-bond donors (Lipinski definition) is 0. The summed E-state index contributed by atoms with van der Waals surface area (Å²) >= 11 is 0. The summed E-state index contributed by atoms with van der Waals surface area (Å²) in [5, 5.41) is 0. The van der Waals surface area contributed by atoms with Gasteiger partial charge in [-0.05, 0) is 18.9 Å². The van der Waals surface area contributed by atoms with Gasteiger partial charge in [0.15, 0.2) is 0 Å². The molecule has 0 saturated heterocycles. The third-order valence-electron chi connectivity index (χ3n) is 2.71. The van der Waals surface area contributed by atoms with Gasteiger partial charge in [0.1, 0.15) is 6.29 Å². The molecule has 0 saturated carbocycles. The van der Waals surface area contributed by atoms with Gasteiger partial charge in [0, 0.05) is 11.5 Å². The Labute approximate surface area is 119 Å². The molecule has 0 aliphatic rings. The Balaban J connectivity index is 2.34. The standard InChI is InChI=1S/C16H20O4/c1-3-20-16(18)13(2)9-15(10-17)12-19-11-14-7-5-4-6-8-14/h4-8,10,15H,2-3,9,11-12H2,1H3/t15-/m1/s1. The summed E-state index contributed by atoms with van der Waals surface area (Å²) in [4.78, 5) is 22.4. The molecule has 0 aliphatic heterocycles. The summed E-state index contributed by atoms with van der Waals surface area (Å²) in [6, 6.07) is 9.69. The third kappa shape index (κ3) is 5.80. The lowest BCUT2D eigenvalue weighted by Crippen LogP contribution is -2.16. The van der Waals surface area contributed by atoms with Gasteiger partial charge in [0.05, 0.1) is 19.8 Å². The third-order valence-corrected chi connectivity index (χ3v) is 2.71. The number of ether oxygens (including phenoxy) is 2. The molecule has 0 bridgehead atoms. The second-order valence-electron chi connectivity index (χ2n) is 4.43.